The fourth-order valence-electron chi connectivity index (χ4n) is 3.06. The summed E-state index contributed by atoms with van der Waals surface area (Å²) >= 11 is 1.61. The monoisotopic (exact) mass is 427 g/mol. The van der Waals surface area contributed by atoms with Crippen molar-refractivity contribution in [2.45, 2.75) is 40.0 Å². The van der Waals surface area contributed by atoms with Crippen LogP contribution in [0.1, 0.15) is 57.1 Å². The van der Waals surface area contributed by atoms with Gasteiger partial charge in [0.2, 0.25) is 5.88 Å². The van der Waals surface area contributed by atoms with Crippen molar-refractivity contribution in [3.8, 4) is 5.88 Å². The molecule has 0 saturated carbocycles. The van der Waals surface area contributed by atoms with E-state index in [1.165, 1.54) is 5.57 Å². The van der Waals surface area contributed by atoms with Gasteiger partial charge in [-0.3, -0.25) is 9.55 Å². The highest BCUT2D eigenvalue weighted by molar-refractivity contribution is 8.16. The lowest BCUT2D eigenvalue weighted by Gasteiger charge is -2.16. The lowest BCUT2D eigenvalue weighted by Crippen LogP contribution is -2.09. The van der Waals surface area contributed by atoms with E-state index in [-0.39, 0.29) is 0 Å². The summed E-state index contributed by atoms with van der Waals surface area (Å²) in [6.07, 6.45) is 11.0. The Kier molecular flexibility index (Phi) is 9.91. The zero-order valence-corrected chi connectivity index (χ0v) is 19.6. The van der Waals surface area contributed by atoms with Crippen molar-refractivity contribution < 1.29 is 9.47 Å². The normalized spacial score (nSPS) is 14.6. The molecule has 1 aliphatic heterocycles. The molecule has 3 rings (SSSR count). The predicted octanol–water partition coefficient (Wildman–Crippen LogP) is 6.20. The molecule has 0 fully saturated rings. The Balaban J connectivity index is 0.000000575. The quantitative estimate of drug-likeness (QED) is 0.526. The number of rotatable bonds is 7. The van der Waals surface area contributed by atoms with Crippen molar-refractivity contribution in [1.29, 1.82) is 0 Å². The minimum Gasteiger partial charge on any atom is -0.477 e. The van der Waals surface area contributed by atoms with Gasteiger partial charge in [-0.25, -0.2) is 4.98 Å². The van der Waals surface area contributed by atoms with Crippen LogP contribution >= 0.6 is 11.8 Å². The van der Waals surface area contributed by atoms with Crippen molar-refractivity contribution in [2.75, 3.05) is 20.3 Å². The fourth-order valence-corrected chi connectivity index (χ4v) is 3.95. The van der Waals surface area contributed by atoms with Crippen LogP contribution in [0.4, 0.5) is 0 Å². The summed E-state index contributed by atoms with van der Waals surface area (Å²) in [6, 6.07) is 3.94. The summed E-state index contributed by atoms with van der Waals surface area (Å²) in [5.41, 5.74) is 3.27. The molecule has 0 saturated heterocycles. The van der Waals surface area contributed by atoms with Gasteiger partial charge in [0.15, 0.2) is 0 Å². The Labute approximate surface area is 184 Å². The van der Waals surface area contributed by atoms with Gasteiger partial charge in [-0.05, 0) is 31.4 Å². The van der Waals surface area contributed by atoms with E-state index in [1.807, 2.05) is 36.9 Å². The molecule has 5 nitrogen and oxygen atoms in total. The molecule has 3 heterocycles. The average molecular weight is 428 g/mol. The highest BCUT2D eigenvalue weighted by atomic mass is 32.2. The van der Waals surface area contributed by atoms with E-state index in [4.69, 9.17) is 14.5 Å². The molecular weight excluding hydrogens is 394 g/mol. The first-order valence-corrected chi connectivity index (χ1v) is 11.2. The Bertz CT molecular complexity index is 883. The van der Waals surface area contributed by atoms with Crippen LogP contribution in [-0.2, 0) is 11.8 Å². The van der Waals surface area contributed by atoms with Crippen molar-refractivity contribution in [1.82, 2.24) is 14.5 Å². The SMILES string of the molecule is C=C(S/C(=C\C)c1nc2c(n1C)OCC/C2=C/CC)c1cccnc1.CCCOC. The minimum atomic E-state index is 0.707. The second-order valence-electron chi connectivity index (χ2n) is 6.80. The summed E-state index contributed by atoms with van der Waals surface area (Å²) in [5.74, 6) is 1.76. The molecule has 0 radical (unpaired) electrons. The number of nitrogens with zero attached hydrogens (tertiary/aromatic N) is 3. The molecule has 0 amide bonds. The van der Waals surface area contributed by atoms with E-state index in [9.17, 15) is 0 Å². The molecule has 1 aliphatic rings. The number of thioether (sulfide) groups is 1. The van der Waals surface area contributed by atoms with Gasteiger partial charge < -0.3 is 9.47 Å². The molecule has 0 N–H and O–H groups in total. The second-order valence-corrected chi connectivity index (χ2v) is 7.93. The van der Waals surface area contributed by atoms with E-state index >= 15 is 0 Å². The van der Waals surface area contributed by atoms with Gasteiger partial charge in [-0.1, -0.05) is 50.4 Å². The first-order chi connectivity index (χ1) is 14.6. The predicted molar refractivity (Wildman–Crippen MR) is 128 cm³/mol. The summed E-state index contributed by atoms with van der Waals surface area (Å²) in [6.45, 7) is 12.1. The van der Waals surface area contributed by atoms with Crippen LogP contribution in [0, 0.1) is 0 Å². The number of pyridine rings is 1. The van der Waals surface area contributed by atoms with Crippen LogP contribution in [0.5, 0.6) is 5.88 Å². The fraction of sp³-hybridized carbons (Fsp3) is 0.417. The molecule has 6 heteroatoms. The van der Waals surface area contributed by atoms with Crippen molar-refractivity contribution in [3.63, 3.8) is 0 Å². The first kappa shape index (κ1) is 24.0. The third kappa shape index (κ3) is 6.09. The van der Waals surface area contributed by atoms with Crippen molar-refractivity contribution in [2.24, 2.45) is 7.05 Å². The van der Waals surface area contributed by atoms with Crippen LogP contribution < -0.4 is 4.74 Å². The Hall–Kier alpha value is -2.31. The lowest BCUT2D eigenvalue weighted by molar-refractivity contribution is 0.199. The highest BCUT2D eigenvalue weighted by Gasteiger charge is 2.25. The molecular formula is C24H33N3O2S. The van der Waals surface area contributed by atoms with Gasteiger partial charge in [-0.15, -0.1) is 0 Å². The number of hydrogen-bond donors (Lipinski definition) is 0. The van der Waals surface area contributed by atoms with Gasteiger partial charge in [0, 0.05) is 50.0 Å². The van der Waals surface area contributed by atoms with Gasteiger partial charge in [-0.2, -0.15) is 0 Å². The van der Waals surface area contributed by atoms with Gasteiger partial charge in [0.25, 0.3) is 0 Å². The highest BCUT2D eigenvalue weighted by Crippen LogP contribution is 2.41. The number of aromatic nitrogens is 3. The van der Waals surface area contributed by atoms with Crippen molar-refractivity contribution in [3.05, 3.63) is 60.3 Å². The summed E-state index contributed by atoms with van der Waals surface area (Å²) in [5, 5.41) is 0. The largest absolute Gasteiger partial charge is 0.477 e. The van der Waals surface area contributed by atoms with Crippen LogP contribution in [-0.4, -0.2) is 34.9 Å². The van der Waals surface area contributed by atoms with Gasteiger partial charge in [0.05, 0.1) is 11.5 Å². The van der Waals surface area contributed by atoms with E-state index < -0.39 is 0 Å². The number of allylic oxidation sites excluding steroid dienone is 2. The third-order valence-electron chi connectivity index (χ3n) is 4.51. The average Bonchev–Trinajstić information content (AvgIpc) is 3.11. The van der Waals surface area contributed by atoms with Gasteiger partial charge >= 0.3 is 0 Å². The maximum absolute atomic E-state index is 5.89. The molecule has 162 valence electrons. The van der Waals surface area contributed by atoms with Crippen LogP contribution in [0.3, 0.4) is 0 Å². The number of hydrogen-bond acceptors (Lipinski definition) is 5. The van der Waals surface area contributed by atoms with Crippen molar-refractivity contribution >= 4 is 27.1 Å². The summed E-state index contributed by atoms with van der Waals surface area (Å²) in [7, 11) is 3.72. The molecule has 0 unspecified atom stereocenters. The second kappa shape index (κ2) is 12.4. The van der Waals surface area contributed by atoms with Crippen LogP contribution in [0.2, 0.25) is 0 Å². The summed E-state index contributed by atoms with van der Waals surface area (Å²) < 4.78 is 12.6. The molecule has 0 bridgehead atoms. The third-order valence-corrected chi connectivity index (χ3v) is 5.64. The van der Waals surface area contributed by atoms with Gasteiger partial charge in [0.1, 0.15) is 11.5 Å². The minimum absolute atomic E-state index is 0.707. The number of imidazole rings is 1. The molecule has 0 aliphatic carbocycles. The zero-order valence-electron chi connectivity index (χ0n) is 18.8. The maximum atomic E-state index is 5.89. The first-order valence-electron chi connectivity index (χ1n) is 10.4. The molecule has 0 aromatic carbocycles. The molecule has 0 atom stereocenters. The summed E-state index contributed by atoms with van der Waals surface area (Å²) in [4.78, 5) is 11.1. The Morgan fingerprint density at radius 1 is 1.40 bits per heavy atom. The number of ether oxygens (including phenoxy) is 2. The maximum Gasteiger partial charge on any atom is 0.221 e. The van der Waals surface area contributed by atoms with E-state index in [0.29, 0.717) is 6.61 Å². The van der Waals surface area contributed by atoms with E-state index in [0.717, 1.165) is 58.6 Å². The number of fused-ring (bicyclic) bond motifs is 1. The smallest absolute Gasteiger partial charge is 0.221 e. The number of methoxy groups -OCH3 is 1. The van der Waals surface area contributed by atoms with E-state index in [1.54, 1.807) is 25.1 Å². The Morgan fingerprint density at radius 2 is 2.20 bits per heavy atom. The topological polar surface area (TPSA) is 49.2 Å². The zero-order chi connectivity index (χ0) is 21.9. The molecule has 30 heavy (non-hydrogen) atoms. The standard InChI is InChI=1S/C20H23N3OS.C4H10O/c1-5-8-15-10-12-24-20-18(15)22-19(23(20)4)17(6-2)25-14(3)16-9-7-11-21-13-16;1-3-4-5-2/h6-9,11,13H,3,5,10,12H2,1-2,4H3;3-4H2,1-2H3/b15-8-,17-6-;. The van der Waals surface area contributed by atoms with Crippen LogP contribution in [0.25, 0.3) is 15.4 Å². The molecule has 0 spiro atoms. The molecule has 2 aromatic rings. The molecule has 2 aromatic heterocycles. The lowest BCUT2D eigenvalue weighted by atomic mass is 10.1. The Morgan fingerprint density at radius 3 is 2.77 bits per heavy atom. The van der Waals surface area contributed by atoms with Crippen LogP contribution in [0.15, 0.2) is 43.3 Å². The van der Waals surface area contributed by atoms with E-state index in [2.05, 4.69) is 37.6 Å².